The average molecular weight is 307 g/mol. The third kappa shape index (κ3) is 5.01. The second-order valence-corrected chi connectivity index (χ2v) is 4.67. The molecule has 0 saturated carbocycles. The van der Waals surface area contributed by atoms with Crippen LogP contribution in [-0.2, 0) is 0 Å². The number of ether oxygens (including phenoxy) is 2. The smallest absolute Gasteiger partial charge is 0.185 e. The molecule has 0 radical (unpaired) electrons. The van der Waals surface area contributed by atoms with Crippen molar-refractivity contribution in [1.82, 2.24) is 0 Å². The molecule has 0 N–H and O–H groups in total. The van der Waals surface area contributed by atoms with Crippen LogP contribution in [0.3, 0.4) is 0 Å². The van der Waals surface area contributed by atoms with E-state index in [4.69, 9.17) is 14.7 Å². The lowest BCUT2D eigenvalue weighted by atomic mass is 10.1. The Balaban J connectivity index is 2.03. The molecule has 0 heterocycles. The number of rotatable bonds is 7. The predicted octanol–water partition coefficient (Wildman–Crippen LogP) is 3.88. The van der Waals surface area contributed by atoms with Gasteiger partial charge in [0.15, 0.2) is 12.4 Å². The molecule has 116 valence electrons. The molecule has 0 aliphatic carbocycles. The Hall–Kier alpha value is -3.06. The van der Waals surface area contributed by atoms with Gasteiger partial charge in [-0.15, -0.1) is 0 Å². The minimum atomic E-state index is -0.0985. The van der Waals surface area contributed by atoms with Crippen LogP contribution in [0.25, 0.3) is 6.08 Å². The fraction of sp³-hybridized carbons (Fsp3) is 0.158. The van der Waals surface area contributed by atoms with E-state index < -0.39 is 0 Å². The molecule has 0 aliphatic rings. The fourth-order valence-electron chi connectivity index (χ4n) is 1.97. The van der Waals surface area contributed by atoms with E-state index in [1.165, 1.54) is 6.08 Å². The Morgan fingerprint density at radius 3 is 2.61 bits per heavy atom. The van der Waals surface area contributed by atoms with Gasteiger partial charge in [0, 0.05) is 5.56 Å². The fourth-order valence-corrected chi connectivity index (χ4v) is 1.97. The number of carbonyl (C=O) groups excluding carboxylic acids is 1. The summed E-state index contributed by atoms with van der Waals surface area (Å²) in [6.45, 7) is 2.52. The molecule has 4 heteroatoms. The van der Waals surface area contributed by atoms with E-state index in [2.05, 4.69) is 0 Å². The predicted molar refractivity (Wildman–Crippen MR) is 88.5 cm³/mol. The van der Waals surface area contributed by atoms with E-state index in [0.717, 1.165) is 11.3 Å². The SMILES string of the molecule is CCOc1cccc(C=CC(=O)c2ccc(OCC#N)cc2)c1. The second kappa shape index (κ2) is 8.40. The summed E-state index contributed by atoms with van der Waals surface area (Å²) in [5, 5.41) is 8.45. The standard InChI is InChI=1S/C19H17NO3/c1-2-22-18-5-3-4-15(14-18)6-11-19(21)16-7-9-17(10-8-16)23-13-12-20/h3-11,14H,2,13H2,1H3. The molecule has 4 nitrogen and oxygen atoms in total. The highest BCUT2D eigenvalue weighted by molar-refractivity contribution is 6.06. The zero-order valence-electron chi connectivity index (χ0n) is 12.9. The summed E-state index contributed by atoms with van der Waals surface area (Å²) in [5.41, 5.74) is 1.46. The van der Waals surface area contributed by atoms with Gasteiger partial charge in [0.05, 0.1) is 6.61 Å². The van der Waals surface area contributed by atoms with Crippen molar-refractivity contribution in [1.29, 1.82) is 5.26 Å². The summed E-state index contributed by atoms with van der Waals surface area (Å²) < 4.78 is 10.6. The molecule has 0 saturated heterocycles. The van der Waals surface area contributed by atoms with Gasteiger partial charge >= 0.3 is 0 Å². The average Bonchev–Trinajstić information content (AvgIpc) is 2.59. The Bertz CT molecular complexity index is 727. The third-order valence-electron chi connectivity index (χ3n) is 3.04. The summed E-state index contributed by atoms with van der Waals surface area (Å²) in [6, 6.07) is 16.1. The topological polar surface area (TPSA) is 59.3 Å². The first-order chi connectivity index (χ1) is 11.2. The van der Waals surface area contributed by atoms with Crippen LogP contribution >= 0.6 is 0 Å². The van der Waals surface area contributed by atoms with Crippen molar-refractivity contribution in [2.24, 2.45) is 0 Å². The number of ketones is 1. The molecule has 0 bridgehead atoms. The first-order valence-corrected chi connectivity index (χ1v) is 7.28. The van der Waals surface area contributed by atoms with E-state index in [0.29, 0.717) is 17.9 Å². The van der Waals surface area contributed by atoms with E-state index in [9.17, 15) is 4.79 Å². The molecule has 2 rings (SSSR count). The van der Waals surface area contributed by atoms with Crippen LogP contribution in [0.1, 0.15) is 22.8 Å². The maximum Gasteiger partial charge on any atom is 0.185 e. The first-order valence-electron chi connectivity index (χ1n) is 7.28. The van der Waals surface area contributed by atoms with Crippen LogP contribution in [0.4, 0.5) is 0 Å². The number of allylic oxidation sites excluding steroid dienone is 1. The van der Waals surface area contributed by atoms with Crippen molar-refractivity contribution in [2.75, 3.05) is 13.2 Å². The summed E-state index contributed by atoms with van der Waals surface area (Å²) in [5.74, 6) is 1.25. The van der Waals surface area contributed by atoms with Crippen LogP contribution in [0, 0.1) is 11.3 Å². The van der Waals surface area contributed by atoms with Crippen LogP contribution in [0.5, 0.6) is 11.5 Å². The van der Waals surface area contributed by atoms with E-state index in [1.807, 2.05) is 37.3 Å². The van der Waals surface area contributed by atoms with Gasteiger partial charge in [0.2, 0.25) is 0 Å². The Labute approximate surface area is 135 Å². The molecule has 0 fully saturated rings. The Morgan fingerprint density at radius 1 is 1.13 bits per heavy atom. The van der Waals surface area contributed by atoms with Gasteiger partial charge in [0.1, 0.15) is 17.6 Å². The highest BCUT2D eigenvalue weighted by Crippen LogP contribution is 2.16. The quantitative estimate of drug-likeness (QED) is 0.575. The van der Waals surface area contributed by atoms with Gasteiger partial charge < -0.3 is 9.47 Å². The zero-order valence-corrected chi connectivity index (χ0v) is 12.9. The molecule has 0 aromatic heterocycles. The van der Waals surface area contributed by atoms with Crippen molar-refractivity contribution in [3.63, 3.8) is 0 Å². The van der Waals surface area contributed by atoms with Crippen molar-refractivity contribution in [3.05, 3.63) is 65.7 Å². The van der Waals surface area contributed by atoms with Crippen molar-refractivity contribution in [2.45, 2.75) is 6.92 Å². The number of benzene rings is 2. The van der Waals surface area contributed by atoms with Gasteiger partial charge in [-0.1, -0.05) is 18.2 Å². The van der Waals surface area contributed by atoms with Crippen LogP contribution < -0.4 is 9.47 Å². The van der Waals surface area contributed by atoms with Crippen LogP contribution in [0.15, 0.2) is 54.6 Å². The second-order valence-electron chi connectivity index (χ2n) is 4.67. The summed E-state index contributed by atoms with van der Waals surface area (Å²) in [4.78, 5) is 12.1. The molecule has 0 aliphatic heterocycles. The van der Waals surface area contributed by atoms with Crippen LogP contribution in [0.2, 0.25) is 0 Å². The maximum absolute atomic E-state index is 12.1. The number of nitrogens with zero attached hydrogens (tertiary/aromatic N) is 1. The number of nitriles is 1. The molecule has 0 atom stereocenters. The Morgan fingerprint density at radius 2 is 1.91 bits per heavy atom. The molecular formula is C19H17NO3. The third-order valence-corrected chi connectivity index (χ3v) is 3.04. The van der Waals surface area contributed by atoms with Crippen LogP contribution in [-0.4, -0.2) is 19.0 Å². The van der Waals surface area contributed by atoms with Gasteiger partial charge in [-0.05, 0) is 55.0 Å². The molecule has 2 aromatic carbocycles. The minimum Gasteiger partial charge on any atom is -0.494 e. The largest absolute Gasteiger partial charge is 0.494 e. The zero-order chi connectivity index (χ0) is 16.5. The highest BCUT2D eigenvalue weighted by Gasteiger charge is 2.02. The lowest BCUT2D eigenvalue weighted by Crippen LogP contribution is -1.96. The summed E-state index contributed by atoms with van der Waals surface area (Å²) in [7, 11) is 0. The normalized spacial score (nSPS) is 10.3. The Kier molecular flexibility index (Phi) is 5.96. The molecule has 0 amide bonds. The van der Waals surface area contributed by atoms with E-state index in [-0.39, 0.29) is 12.4 Å². The number of hydrogen-bond donors (Lipinski definition) is 0. The van der Waals surface area contributed by atoms with Gasteiger partial charge in [-0.2, -0.15) is 5.26 Å². The monoisotopic (exact) mass is 307 g/mol. The van der Waals surface area contributed by atoms with Crippen molar-refractivity contribution >= 4 is 11.9 Å². The van der Waals surface area contributed by atoms with E-state index >= 15 is 0 Å². The molecule has 0 unspecified atom stereocenters. The summed E-state index contributed by atoms with van der Waals surface area (Å²) >= 11 is 0. The van der Waals surface area contributed by atoms with Gasteiger partial charge in [0.25, 0.3) is 0 Å². The van der Waals surface area contributed by atoms with Crippen molar-refractivity contribution in [3.8, 4) is 17.6 Å². The van der Waals surface area contributed by atoms with E-state index in [1.54, 1.807) is 30.3 Å². The number of hydrogen-bond acceptors (Lipinski definition) is 4. The first kappa shape index (κ1) is 16.3. The van der Waals surface area contributed by atoms with Gasteiger partial charge in [-0.3, -0.25) is 4.79 Å². The number of carbonyl (C=O) groups is 1. The molecule has 23 heavy (non-hydrogen) atoms. The minimum absolute atomic E-state index is 0.0105. The van der Waals surface area contributed by atoms with Crippen molar-refractivity contribution < 1.29 is 14.3 Å². The molecular weight excluding hydrogens is 290 g/mol. The molecule has 0 spiro atoms. The lowest BCUT2D eigenvalue weighted by molar-refractivity contribution is 0.104. The highest BCUT2D eigenvalue weighted by atomic mass is 16.5. The maximum atomic E-state index is 12.1. The lowest BCUT2D eigenvalue weighted by Gasteiger charge is -2.03. The van der Waals surface area contributed by atoms with Gasteiger partial charge in [-0.25, -0.2) is 0 Å². The molecule has 2 aromatic rings. The summed E-state index contributed by atoms with van der Waals surface area (Å²) in [6.07, 6.45) is 3.28.